The van der Waals surface area contributed by atoms with E-state index in [0.717, 1.165) is 31.0 Å². The van der Waals surface area contributed by atoms with E-state index in [1.54, 1.807) is 12.5 Å². The fraction of sp³-hybridized carbons (Fsp3) is 0.235. The fourth-order valence-electron chi connectivity index (χ4n) is 2.91. The van der Waals surface area contributed by atoms with Crippen molar-refractivity contribution in [1.29, 1.82) is 0 Å². The zero-order chi connectivity index (χ0) is 14.8. The summed E-state index contributed by atoms with van der Waals surface area (Å²) in [6, 6.07) is 14.8. The maximum absolute atomic E-state index is 4.35. The lowest BCUT2D eigenvalue weighted by molar-refractivity contribution is 0.0739. The van der Waals surface area contributed by atoms with E-state index in [-0.39, 0.29) is 0 Å². The van der Waals surface area contributed by atoms with E-state index in [9.17, 15) is 0 Å². The lowest BCUT2D eigenvalue weighted by atomic mass is 10.0. The highest BCUT2D eigenvalue weighted by molar-refractivity contribution is 5.29. The van der Waals surface area contributed by atoms with Crippen molar-refractivity contribution < 1.29 is 0 Å². The van der Waals surface area contributed by atoms with Crippen LogP contribution in [-0.4, -0.2) is 31.2 Å². The molecule has 1 aromatic carbocycles. The maximum atomic E-state index is 4.35. The third-order valence-electron chi connectivity index (χ3n) is 4.16. The summed E-state index contributed by atoms with van der Waals surface area (Å²) in [5.74, 6) is 0.996. The predicted octanol–water partition coefficient (Wildman–Crippen LogP) is 2.61. The minimum absolute atomic E-state index is 0.322. The number of likely N-dealkylation sites (tertiary alicyclic amines) is 1. The first-order chi connectivity index (χ1) is 10.9. The van der Waals surface area contributed by atoms with Crippen LogP contribution < -0.4 is 0 Å². The average Bonchev–Trinajstić information content (AvgIpc) is 3.02. The van der Waals surface area contributed by atoms with Crippen LogP contribution in [0, 0.1) is 0 Å². The van der Waals surface area contributed by atoms with Gasteiger partial charge in [0.25, 0.3) is 0 Å². The first-order valence-corrected chi connectivity index (χ1v) is 7.50. The molecule has 0 aliphatic carbocycles. The number of rotatable bonds is 4. The van der Waals surface area contributed by atoms with E-state index in [2.05, 4.69) is 50.4 Å². The van der Waals surface area contributed by atoms with Crippen LogP contribution in [0.15, 0.2) is 61.2 Å². The summed E-state index contributed by atoms with van der Waals surface area (Å²) in [5.41, 5.74) is 2.34. The van der Waals surface area contributed by atoms with Gasteiger partial charge in [0, 0.05) is 19.3 Å². The van der Waals surface area contributed by atoms with Crippen LogP contribution in [0.2, 0.25) is 0 Å². The number of hydrogen-bond acceptors (Lipinski definition) is 4. The van der Waals surface area contributed by atoms with Crippen molar-refractivity contribution in [2.45, 2.75) is 19.0 Å². The molecule has 0 N–H and O–H groups in total. The number of nitrogens with zero attached hydrogens (tertiary/aromatic N) is 5. The van der Waals surface area contributed by atoms with Gasteiger partial charge in [-0.1, -0.05) is 30.3 Å². The molecule has 0 bridgehead atoms. The monoisotopic (exact) mass is 291 g/mol. The lowest BCUT2D eigenvalue weighted by Crippen LogP contribution is -2.41. The Kier molecular flexibility index (Phi) is 3.40. The highest BCUT2D eigenvalue weighted by atomic mass is 15.3. The summed E-state index contributed by atoms with van der Waals surface area (Å²) in [7, 11) is 0. The third-order valence-corrected chi connectivity index (χ3v) is 4.16. The Balaban J connectivity index is 1.57. The highest BCUT2D eigenvalue weighted by Gasteiger charge is 2.33. The van der Waals surface area contributed by atoms with Crippen LogP contribution in [0.3, 0.4) is 0 Å². The van der Waals surface area contributed by atoms with Gasteiger partial charge in [-0.25, -0.2) is 0 Å². The molecule has 1 unspecified atom stereocenters. The molecule has 1 aliphatic rings. The van der Waals surface area contributed by atoms with Crippen molar-refractivity contribution in [3.05, 3.63) is 72.6 Å². The molecule has 5 heteroatoms. The van der Waals surface area contributed by atoms with Gasteiger partial charge in [-0.15, -0.1) is 10.2 Å². The van der Waals surface area contributed by atoms with Crippen molar-refractivity contribution in [3.8, 4) is 5.69 Å². The Labute approximate surface area is 129 Å². The second-order valence-corrected chi connectivity index (χ2v) is 5.53. The molecule has 1 aliphatic heterocycles. The number of hydrogen-bond donors (Lipinski definition) is 0. The Hall–Kier alpha value is -2.53. The fourth-order valence-corrected chi connectivity index (χ4v) is 2.91. The molecular weight excluding hydrogens is 274 g/mol. The van der Waals surface area contributed by atoms with Gasteiger partial charge in [0.1, 0.15) is 6.33 Å². The summed E-state index contributed by atoms with van der Waals surface area (Å²) in [5, 5.41) is 8.45. The van der Waals surface area contributed by atoms with Crippen LogP contribution in [0.5, 0.6) is 0 Å². The molecule has 5 nitrogen and oxygen atoms in total. The molecule has 3 heterocycles. The van der Waals surface area contributed by atoms with Crippen LogP contribution in [-0.2, 0) is 6.54 Å². The molecule has 0 saturated carbocycles. The molecule has 110 valence electrons. The van der Waals surface area contributed by atoms with Crippen molar-refractivity contribution in [2.75, 3.05) is 6.54 Å². The molecule has 0 radical (unpaired) electrons. The topological polar surface area (TPSA) is 46.8 Å². The van der Waals surface area contributed by atoms with Crippen LogP contribution >= 0.6 is 0 Å². The molecule has 0 spiro atoms. The van der Waals surface area contributed by atoms with Crippen molar-refractivity contribution in [2.24, 2.45) is 0 Å². The minimum atomic E-state index is 0.322. The van der Waals surface area contributed by atoms with Gasteiger partial charge in [-0.2, -0.15) is 0 Å². The van der Waals surface area contributed by atoms with Gasteiger partial charge in [0.2, 0.25) is 0 Å². The summed E-state index contributed by atoms with van der Waals surface area (Å²) in [6.45, 7) is 2.05. The van der Waals surface area contributed by atoms with E-state index < -0.39 is 0 Å². The quantitative estimate of drug-likeness (QED) is 0.741. The summed E-state index contributed by atoms with van der Waals surface area (Å²) in [4.78, 5) is 6.62. The molecule has 3 aromatic rings. The van der Waals surface area contributed by atoms with Gasteiger partial charge in [0.05, 0.1) is 17.9 Å². The van der Waals surface area contributed by atoms with E-state index in [4.69, 9.17) is 0 Å². The minimum Gasteiger partial charge on any atom is -0.289 e. The van der Waals surface area contributed by atoms with Gasteiger partial charge in [-0.3, -0.25) is 14.5 Å². The van der Waals surface area contributed by atoms with E-state index in [0.29, 0.717) is 6.04 Å². The predicted molar refractivity (Wildman–Crippen MR) is 83.4 cm³/mol. The van der Waals surface area contributed by atoms with Gasteiger partial charge in [-0.05, 0) is 24.1 Å². The summed E-state index contributed by atoms with van der Waals surface area (Å²) >= 11 is 0. The zero-order valence-corrected chi connectivity index (χ0v) is 12.2. The normalized spacial score (nSPS) is 18.1. The Bertz CT molecular complexity index is 738. The standard InChI is InChI=1S/C17H17N5/c1-2-5-14(6-3-1)12-21-10-8-16(21)17-20-19-13-22(17)15-7-4-9-18-11-15/h1-7,9,11,13,16H,8,10,12H2. The van der Waals surface area contributed by atoms with Gasteiger partial charge < -0.3 is 0 Å². The Morgan fingerprint density at radius 3 is 2.73 bits per heavy atom. The van der Waals surface area contributed by atoms with Gasteiger partial charge in [0.15, 0.2) is 5.82 Å². The van der Waals surface area contributed by atoms with Crippen molar-refractivity contribution in [1.82, 2.24) is 24.6 Å². The van der Waals surface area contributed by atoms with Crippen LogP contribution in [0.4, 0.5) is 0 Å². The third kappa shape index (κ3) is 2.40. The number of benzene rings is 1. The van der Waals surface area contributed by atoms with Crippen LogP contribution in [0.1, 0.15) is 23.9 Å². The molecule has 4 rings (SSSR count). The molecule has 1 atom stereocenters. The largest absolute Gasteiger partial charge is 0.289 e. The second-order valence-electron chi connectivity index (χ2n) is 5.53. The van der Waals surface area contributed by atoms with Gasteiger partial charge >= 0.3 is 0 Å². The number of aromatic nitrogens is 4. The zero-order valence-electron chi connectivity index (χ0n) is 12.2. The van der Waals surface area contributed by atoms with E-state index >= 15 is 0 Å². The highest BCUT2D eigenvalue weighted by Crippen LogP contribution is 2.34. The smallest absolute Gasteiger partial charge is 0.154 e. The first kappa shape index (κ1) is 13.2. The molecule has 2 aromatic heterocycles. The van der Waals surface area contributed by atoms with Crippen molar-refractivity contribution >= 4 is 0 Å². The number of pyridine rings is 1. The molecule has 22 heavy (non-hydrogen) atoms. The Morgan fingerprint density at radius 2 is 2.00 bits per heavy atom. The maximum Gasteiger partial charge on any atom is 0.154 e. The van der Waals surface area contributed by atoms with E-state index in [1.807, 2.05) is 22.9 Å². The van der Waals surface area contributed by atoms with Crippen molar-refractivity contribution in [3.63, 3.8) is 0 Å². The molecule has 1 saturated heterocycles. The SMILES string of the molecule is c1ccc(CN2CCC2c2nncn2-c2cccnc2)cc1. The average molecular weight is 291 g/mol. The summed E-state index contributed by atoms with van der Waals surface area (Å²) < 4.78 is 2.04. The molecular formula is C17H17N5. The lowest BCUT2D eigenvalue weighted by Gasteiger charge is -2.40. The Morgan fingerprint density at radius 1 is 1.09 bits per heavy atom. The van der Waals surface area contributed by atoms with Crippen LogP contribution in [0.25, 0.3) is 5.69 Å². The first-order valence-electron chi connectivity index (χ1n) is 7.50. The summed E-state index contributed by atoms with van der Waals surface area (Å²) in [6.07, 6.45) is 6.50. The van der Waals surface area contributed by atoms with E-state index in [1.165, 1.54) is 5.56 Å². The molecule has 1 fully saturated rings. The molecule has 0 amide bonds. The second kappa shape index (κ2) is 5.69.